The van der Waals surface area contributed by atoms with Gasteiger partial charge in [0.2, 0.25) is 0 Å². The van der Waals surface area contributed by atoms with Crippen molar-refractivity contribution in [2.45, 2.75) is 0 Å². The fourth-order valence-electron chi connectivity index (χ4n) is 0. The number of rotatable bonds is 0. The molecule has 0 aromatic rings. The van der Waals surface area contributed by atoms with Crippen LogP contribution in [0.25, 0.3) is 0 Å². The summed E-state index contributed by atoms with van der Waals surface area (Å²) in [5.41, 5.74) is 0. The monoisotopic (exact) mass is 93.0 g/mol. The first-order chi connectivity index (χ1) is 0. The molecule has 4 heavy (non-hydrogen) atoms. The fraction of sp³-hybridized carbons (Fsp3) is 0. The summed E-state index contributed by atoms with van der Waals surface area (Å²) in [5, 5.41) is 0. The predicted octanol–water partition coefficient (Wildman–Crippen LogP) is -6.03. The summed E-state index contributed by atoms with van der Waals surface area (Å²) in [6.45, 7) is 0. The molecule has 0 unspecified atom stereocenters. The summed E-state index contributed by atoms with van der Waals surface area (Å²) in [4.78, 5) is 0. The van der Waals surface area contributed by atoms with E-state index in [-0.39, 0.29) is 83.9 Å². The van der Waals surface area contributed by atoms with E-state index in [2.05, 4.69) is 0 Å². The Balaban J connectivity index is 0. The van der Waals surface area contributed by atoms with E-state index in [0.717, 1.165) is 0 Å². The van der Waals surface area contributed by atoms with Crippen LogP contribution in [0.1, 0.15) is 2.85 Å². The minimum atomic E-state index is 0. The van der Waals surface area contributed by atoms with Gasteiger partial charge in [-0.05, 0) is 0 Å². The third kappa shape index (κ3) is 8.83. The van der Waals surface area contributed by atoms with Gasteiger partial charge in [0.25, 0.3) is 0 Å². The molecule has 0 aliphatic heterocycles. The van der Waals surface area contributed by atoms with E-state index in [4.69, 9.17) is 0 Å². The molecule has 0 aromatic carbocycles. The van der Waals surface area contributed by atoms with Crippen LogP contribution in [0.15, 0.2) is 0 Å². The van der Waals surface area contributed by atoms with Crippen LogP contribution in [-0.2, 0) is 0 Å². The first-order valence-electron chi connectivity index (χ1n) is 0. The Morgan fingerprint density at radius 2 is 1.00 bits per heavy atom. The average molecular weight is 92.9 g/mol. The third-order valence-electron chi connectivity index (χ3n) is 0. The second-order valence-electron chi connectivity index (χ2n) is 0. The summed E-state index contributed by atoms with van der Waals surface area (Å²) in [5.74, 6) is 0. The van der Waals surface area contributed by atoms with Crippen molar-refractivity contribution < 1.29 is 62.0 Å². The fourth-order valence-corrected chi connectivity index (χ4v) is 0. The molecule has 0 amide bonds. The van der Waals surface area contributed by atoms with Gasteiger partial charge in [-0.3, -0.25) is 0 Å². The Morgan fingerprint density at radius 1 is 1.00 bits per heavy atom. The molecule has 0 heterocycles. The maximum atomic E-state index is 0. The molecule has 0 spiro atoms. The van der Waals surface area contributed by atoms with Crippen LogP contribution in [0.5, 0.6) is 0 Å². The molecule has 0 bridgehead atoms. The van der Waals surface area contributed by atoms with Gasteiger partial charge in [-0.15, -0.1) is 0 Å². The summed E-state index contributed by atoms with van der Waals surface area (Å²) in [7, 11) is 0. The number of hydrogen-bond acceptors (Lipinski definition) is 0. The van der Waals surface area contributed by atoms with Gasteiger partial charge in [0.1, 0.15) is 0 Å². The summed E-state index contributed by atoms with van der Waals surface area (Å²) in [6, 6.07) is 0. The van der Waals surface area contributed by atoms with E-state index >= 15 is 0 Å². The maximum Gasteiger partial charge on any atom is 1.00 e. The van der Waals surface area contributed by atoms with Crippen molar-refractivity contribution in [2.75, 3.05) is 0 Å². The van der Waals surface area contributed by atoms with Crippen LogP contribution in [0.2, 0.25) is 0 Å². The van der Waals surface area contributed by atoms with Crippen LogP contribution < -0.4 is 59.1 Å². The molecule has 0 N–H and O–H groups in total. The zero-order chi connectivity index (χ0) is 0. The molecule has 0 fully saturated rings. The van der Waals surface area contributed by atoms with E-state index in [1.807, 2.05) is 0 Å². The predicted molar refractivity (Wildman–Crippen MR) is 18.4 cm³/mol. The SMILES string of the molecule is S.[B].[H-].[H-].[Na+].[Na+]. The van der Waals surface area contributed by atoms with E-state index < -0.39 is 0 Å². The molecule has 0 saturated heterocycles. The quantitative estimate of drug-likeness (QED) is 0.261. The molecule has 0 rings (SSSR count). The Hall–Kier alpha value is 2.41. The second kappa shape index (κ2) is 18.1. The van der Waals surface area contributed by atoms with Crippen molar-refractivity contribution in [3.8, 4) is 0 Å². The van der Waals surface area contributed by atoms with Crippen molar-refractivity contribution in [3.05, 3.63) is 0 Å². The van der Waals surface area contributed by atoms with E-state index in [1.165, 1.54) is 0 Å². The molecule has 0 aliphatic carbocycles. The van der Waals surface area contributed by atoms with Crippen LogP contribution in [0, 0.1) is 0 Å². The van der Waals surface area contributed by atoms with Crippen LogP contribution in [0.4, 0.5) is 0 Å². The summed E-state index contributed by atoms with van der Waals surface area (Å²) >= 11 is 0. The molecule has 0 aliphatic rings. The minimum absolute atomic E-state index is 0. The molecular weight excluding hydrogens is 88.9 g/mol. The van der Waals surface area contributed by atoms with Crippen LogP contribution in [-0.4, -0.2) is 8.41 Å². The summed E-state index contributed by atoms with van der Waals surface area (Å²) in [6.07, 6.45) is 0. The first kappa shape index (κ1) is 32.3. The molecule has 0 atom stereocenters. The van der Waals surface area contributed by atoms with Crippen LogP contribution >= 0.6 is 13.5 Å². The van der Waals surface area contributed by atoms with Crippen molar-refractivity contribution in [3.63, 3.8) is 0 Å². The minimum Gasteiger partial charge on any atom is -1.00 e. The molecule has 15 valence electrons. The first-order valence-corrected chi connectivity index (χ1v) is 0. The van der Waals surface area contributed by atoms with Crippen LogP contribution in [0.3, 0.4) is 0 Å². The third-order valence-corrected chi connectivity index (χ3v) is 0. The van der Waals surface area contributed by atoms with Gasteiger partial charge in [-0.1, -0.05) is 0 Å². The molecular formula is H4BNa2S. The largest absolute Gasteiger partial charge is 1.00 e. The molecule has 0 saturated carbocycles. The van der Waals surface area contributed by atoms with Crippen molar-refractivity contribution >= 4 is 21.9 Å². The van der Waals surface area contributed by atoms with Gasteiger partial charge in [0, 0.05) is 8.41 Å². The van der Waals surface area contributed by atoms with Crippen molar-refractivity contribution in [2.24, 2.45) is 0 Å². The maximum absolute atomic E-state index is 0. The molecule has 4 heteroatoms. The molecule has 0 aromatic heterocycles. The van der Waals surface area contributed by atoms with Crippen molar-refractivity contribution in [1.29, 1.82) is 0 Å². The number of hydrogen-bond donors (Lipinski definition) is 0. The standard InChI is InChI=1S/B.2Na.H2S.2H/h;;;1H2;;/q;2*+1;;2*-1. The van der Waals surface area contributed by atoms with Crippen molar-refractivity contribution in [1.82, 2.24) is 0 Å². The second-order valence-corrected chi connectivity index (χ2v) is 0. The Morgan fingerprint density at radius 3 is 1.00 bits per heavy atom. The van der Waals surface area contributed by atoms with Gasteiger partial charge in [-0.2, -0.15) is 13.5 Å². The normalized spacial score (nSPS) is 0. The molecule has 3 radical (unpaired) electrons. The summed E-state index contributed by atoms with van der Waals surface area (Å²) < 4.78 is 0. The Kier molecular flexibility index (Phi) is 146. The average Bonchev–Trinajstić information content (AvgIpc) is 0. The smallest absolute Gasteiger partial charge is 1.00 e. The van der Waals surface area contributed by atoms with Gasteiger partial charge >= 0.3 is 59.1 Å². The topological polar surface area (TPSA) is 0 Å². The zero-order valence-electron chi connectivity index (χ0n) is 5.08. The van der Waals surface area contributed by atoms with Gasteiger partial charge in [0.15, 0.2) is 0 Å². The Bertz CT molecular complexity index is 11.5. The van der Waals surface area contributed by atoms with E-state index in [0.29, 0.717) is 0 Å². The molecule has 0 nitrogen and oxygen atoms in total. The van der Waals surface area contributed by atoms with E-state index in [1.54, 1.807) is 0 Å². The van der Waals surface area contributed by atoms with Gasteiger partial charge in [-0.25, -0.2) is 0 Å². The van der Waals surface area contributed by atoms with Gasteiger partial charge in [0.05, 0.1) is 0 Å². The van der Waals surface area contributed by atoms with E-state index in [9.17, 15) is 0 Å². The zero-order valence-corrected chi connectivity index (χ0v) is 8.08. The Labute approximate surface area is 82.7 Å². The van der Waals surface area contributed by atoms with Gasteiger partial charge < -0.3 is 2.85 Å².